The van der Waals surface area contributed by atoms with E-state index >= 15 is 0 Å². The summed E-state index contributed by atoms with van der Waals surface area (Å²) < 4.78 is 0. The van der Waals surface area contributed by atoms with E-state index in [0.29, 0.717) is 0 Å². The second-order valence-corrected chi connectivity index (χ2v) is 3.62. The lowest BCUT2D eigenvalue weighted by atomic mass is 9.77. The summed E-state index contributed by atoms with van der Waals surface area (Å²) in [5.74, 6) is -1.01. The van der Waals surface area contributed by atoms with Crippen LogP contribution in [0.4, 0.5) is 0 Å². The largest absolute Gasteiger partial charge is 0.480 e. The van der Waals surface area contributed by atoms with Crippen molar-refractivity contribution in [1.82, 2.24) is 5.32 Å². The van der Waals surface area contributed by atoms with Crippen LogP contribution in [-0.2, 0) is 4.79 Å². The standard InChI is InChI=1S/C8H16N2O3/c9-6(7(12)13)4-10-8(5-11)2-1-3-8/h6,10-11H,1-5,9H2,(H,12,13). The van der Waals surface area contributed by atoms with Crippen molar-refractivity contribution >= 4 is 5.97 Å². The summed E-state index contributed by atoms with van der Waals surface area (Å²) in [6, 6.07) is -0.885. The van der Waals surface area contributed by atoms with Crippen LogP contribution in [0.5, 0.6) is 0 Å². The van der Waals surface area contributed by atoms with Gasteiger partial charge in [-0.2, -0.15) is 0 Å². The number of aliphatic hydroxyl groups excluding tert-OH is 1. The number of hydrogen-bond donors (Lipinski definition) is 4. The van der Waals surface area contributed by atoms with Gasteiger partial charge in [-0.25, -0.2) is 0 Å². The predicted octanol–water partition coefficient (Wildman–Crippen LogP) is -1.10. The molecule has 1 rings (SSSR count). The molecule has 0 spiro atoms. The Balaban J connectivity index is 2.28. The number of carbonyl (C=O) groups is 1. The SMILES string of the molecule is NC(CNC1(CO)CCC1)C(=O)O. The first-order valence-corrected chi connectivity index (χ1v) is 4.44. The van der Waals surface area contributed by atoms with Crippen LogP contribution in [0.1, 0.15) is 19.3 Å². The van der Waals surface area contributed by atoms with Crippen LogP contribution in [0.15, 0.2) is 0 Å². The molecule has 0 aliphatic heterocycles. The van der Waals surface area contributed by atoms with Crippen molar-refractivity contribution in [3.8, 4) is 0 Å². The smallest absolute Gasteiger partial charge is 0.321 e. The van der Waals surface area contributed by atoms with Crippen molar-refractivity contribution in [2.45, 2.75) is 30.8 Å². The van der Waals surface area contributed by atoms with Gasteiger partial charge >= 0.3 is 5.97 Å². The molecule has 0 bridgehead atoms. The Morgan fingerprint density at radius 1 is 1.62 bits per heavy atom. The van der Waals surface area contributed by atoms with Gasteiger partial charge in [-0.1, -0.05) is 0 Å². The lowest BCUT2D eigenvalue weighted by molar-refractivity contribution is -0.138. The summed E-state index contributed by atoms with van der Waals surface area (Å²) in [4.78, 5) is 10.4. The fourth-order valence-electron chi connectivity index (χ4n) is 1.41. The number of aliphatic carboxylic acids is 1. The topological polar surface area (TPSA) is 95.6 Å². The highest BCUT2D eigenvalue weighted by Crippen LogP contribution is 2.30. The van der Waals surface area contributed by atoms with Crippen molar-refractivity contribution in [3.05, 3.63) is 0 Å². The van der Waals surface area contributed by atoms with Gasteiger partial charge < -0.3 is 21.3 Å². The molecule has 1 aliphatic rings. The molecule has 1 saturated carbocycles. The van der Waals surface area contributed by atoms with Gasteiger partial charge in [0, 0.05) is 12.1 Å². The van der Waals surface area contributed by atoms with Crippen molar-refractivity contribution in [1.29, 1.82) is 0 Å². The summed E-state index contributed by atoms with van der Waals surface area (Å²) in [6.45, 7) is 0.273. The monoisotopic (exact) mass is 188 g/mol. The Labute approximate surface area is 76.9 Å². The number of carboxylic acids is 1. The molecule has 1 atom stereocenters. The van der Waals surface area contributed by atoms with E-state index in [1.807, 2.05) is 0 Å². The van der Waals surface area contributed by atoms with Crippen molar-refractivity contribution in [2.75, 3.05) is 13.2 Å². The molecule has 0 amide bonds. The van der Waals surface area contributed by atoms with Crippen LogP contribution in [0, 0.1) is 0 Å². The number of hydrogen-bond acceptors (Lipinski definition) is 4. The van der Waals surface area contributed by atoms with Crippen LogP contribution in [-0.4, -0.2) is 40.9 Å². The number of nitrogens with one attached hydrogen (secondary N) is 1. The molecule has 1 aliphatic carbocycles. The van der Waals surface area contributed by atoms with Gasteiger partial charge in [0.1, 0.15) is 6.04 Å². The van der Waals surface area contributed by atoms with E-state index in [0.717, 1.165) is 19.3 Å². The molecule has 5 nitrogen and oxygen atoms in total. The van der Waals surface area contributed by atoms with Crippen molar-refractivity contribution in [3.63, 3.8) is 0 Å². The van der Waals surface area contributed by atoms with Gasteiger partial charge in [-0.3, -0.25) is 4.79 Å². The fraction of sp³-hybridized carbons (Fsp3) is 0.875. The highest BCUT2D eigenvalue weighted by atomic mass is 16.4. The van der Waals surface area contributed by atoms with Gasteiger partial charge in [0.05, 0.1) is 6.61 Å². The Bertz CT molecular complexity index is 186. The average molecular weight is 188 g/mol. The molecule has 0 aromatic rings. The van der Waals surface area contributed by atoms with E-state index in [-0.39, 0.29) is 18.7 Å². The summed E-state index contributed by atoms with van der Waals surface area (Å²) in [5.41, 5.74) is 5.06. The van der Waals surface area contributed by atoms with Crippen LogP contribution in [0.3, 0.4) is 0 Å². The van der Waals surface area contributed by atoms with Crippen LogP contribution >= 0.6 is 0 Å². The zero-order valence-electron chi connectivity index (χ0n) is 7.49. The molecule has 0 saturated heterocycles. The Morgan fingerprint density at radius 3 is 2.54 bits per heavy atom. The maximum Gasteiger partial charge on any atom is 0.321 e. The first-order chi connectivity index (χ1) is 6.09. The Hall–Kier alpha value is -0.650. The molecule has 0 heterocycles. The van der Waals surface area contributed by atoms with Gasteiger partial charge in [0.2, 0.25) is 0 Å². The quantitative estimate of drug-likeness (QED) is 0.439. The maximum atomic E-state index is 10.4. The lowest BCUT2D eigenvalue weighted by Crippen LogP contribution is -2.57. The van der Waals surface area contributed by atoms with Gasteiger partial charge in [-0.15, -0.1) is 0 Å². The fourth-order valence-corrected chi connectivity index (χ4v) is 1.41. The van der Waals surface area contributed by atoms with E-state index in [2.05, 4.69) is 5.32 Å². The molecule has 76 valence electrons. The van der Waals surface area contributed by atoms with Crippen molar-refractivity contribution in [2.24, 2.45) is 5.73 Å². The van der Waals surface area contributed by atoms with E-state index in [1.54, 1.807) is 0 Å². The normalized spacial score (nSPS) is 22.0. The number of nitrogens with two attached hydrogens (primary N) is 1. The Morgan fingerprint density at radius 2 is 2.23 bits per heavy atom. The minimum absolute atomic E-state index is 0.0549. The molecule has 0 aromatic carbocycles. The van der Waals surface area contributed by atoms with Gasteiger partial charge in [-0.05, 0) is 19.3 Å². The molecule has 5 N–H and O–H groups in total. The van der Waals surface area contributed by atoms with Gasteiger partial charge in [0.25, 0.3) is 0 Å². The van der Waals surface area contributed by atoms with Crippen LogP contribution in [0.2, 0.25) is 0 Å². The number of rotatable bonds is 5. The second kappa shape index (κ2) is 4.04. The number of aliphatic hydroxyl groups is 1. The zero-order valence-corrected chi connectivity index (χ0v) is 7.49. The third-order valence-corrected chi connectivity index (χ3v) is 2.63. The molecule has 1 unspecified atom stereocenters. The predicted molar refractivity (Wildman–Crippen MR) is 47.3 cm³/mol. The summed E-state index contributed by atoms with van der Waals surface area (Å²) >= 11 is 0. The van der Waals surface area contributed by atoms with E-state index in [4.69, 9.17) is 15.9 Å². The molecular weight excluding hydrogens is 172 g/mol. The van der Waals surface area contributed by atoms with E-state index < -0.39 is 12.0 Å². The molecule has 13 heavy (non-hydrogen) atoms. The minimum Gasteiger partial charge on any atom is -0.480 e. The van der Waals surface area contributed by atoms with Crippen LogP contribution < -0.4 is 11.1 Å². The molecule has 0 radical (unpaired) electrons. The molecule has 5 heteroatoms. The minimum atomic E-state index is -1.01. The van der Waals surface area contributed by atoms with E-state index in [9.17, 15) is 4.79 Å². The molecule has 1 fully saturated rings. The summed E-state index contributed by atoms with van der Waals surface area (Å²) in [6.07, 6.45) is 2.88. The van der Waals surface area contributed by atoms with Gasteiger partial charge in [0.15, 0.2) is 0 Å². The molecule has 0 aromatic heterocycles. The zero-order chi connectivity index (χ0) is 9.90. The summed E-state index contributed by atoms with van der Waals surface area (Å²) in [5, 5.41) is 20.6. The van der Waals surface area contributed by atoms with Crippen molar-refractivity contribution < 1.29 is 15.0 Å². The van der Waals surface area contributed by atoms with Crippen LogP contribution in [0.25, 0.3) is 0 Å². The highest BCUT2D eigenvalue weighted by Gasteiger charge is 2.36. The number of carboxylic acid groups (broad SMARTS) is 1. The summed E-state index contributed by atoms with van der Waals surface area (Å²) in [7, 11) is 0. The average Bonchev–Trinajstić information content (AvgIpc) is 2.02. The van der Waals surface area contributed by atoms with E-state index in [1.165, 1.54) is 0 Å². The highest BCUT2D eigenvalue weighted by molar-refractivity contribution is 5.73. The third-order valence-electron chi connectivity index (χ3n) is 2.63. The second-order valence-electron chi connectivity index (χ2n) is 3.62. The Kier molecular flexibility index (Phi) is 3.24. The maximum absolute atomic E-state index is 10.4. The third kappa shape index (κ3) is 2.40. The molecular formula is C8H16N2O3. The lowest BCUT2D eigenvalue weighted by Gasteiger charge is -2.41. The first-order valence-electron chi connectivity index (χ1n) is 4.44. The first kappa shape index (κ1) is 10.4.